The smallest absolute Gasteiger partial charge is 0.269 e. The monoisotopic (exact) mass is 402 g/mol. The van der Waals surface area contributed by atoms with Crippen LogP contribution in [0.5, 0.6) is 0 Å². The molecule has 0 radical (unpaired) electrons. The van der Waals surface area contributed by atoms with Crippen LogP contribution in [0.3, 0.4) is 0 Å². The van der Waals surface area contributed by atoms with Crippen molar-refractivity contribution in [3.63, 3.8) is 0 Å². The molecule has 0 bridgehead atoms. The number of piperidine rings is 1. The average molecular weight is 403 g/mol. The quantitative estimate of drug-likeness (QED) is 0.835. The van der Waals surface area contributed by atoms with E-state index >= 15 is 0 Å². The standard InChI is InChI=1S/C21H27ClN4O2/c1-25-19(7-11-24-25)20(27)23-14-18-6-8-21(28-18)9-12-26(13-10-21)15-16-2-4-17(22)5-3-16/h2-5,7,11,18H,6,8-10,12-15H2,1H3,(H,23,27). The van der Waals surface area contributed by atoms with Crippen LogP contribution < -0.4 is 5.32 Å². The fourth-order valence-electron chi connectivity index (χ4n) is 4.27. The Morgan fingerprint density at radius 1 is 1.25 bits per heavy atom. The number of amides is 1. The molecular formula is C21H27ClN4O2. The van der Waals surface area contributed by atoms with Crippen LogP contribution in [0.25, 0.3) is 0 Å². The molecule has 1 N–H and O–H groups in total. The topological polar surface area (TPSA) is 59.4 Å². The molecule has 28 heavy (non-hydrogen) atoms. The molecule has 1 amide bonds. The Morgan fingerprint density at radius 3 is 2.68 bits per heavy atom. The molecule has 0 saturated carbocycles. The van der Waals surface area contributed by atoms with Crippen LogP contribution in [0, 0.1) is 0 Å². The number of likely N-dealkylation sites (tertiary alicyclic amines) is 1. The van der Waals surface area contributed by atoms with Gasteiger partial charge in [0.2, 0.25) is 0 Å². The molecular weight excluding hydrogens is 376 g/mol. The largest absolute Gasteiger partial charge is 0.370 e. The third-order valence-electron chi connectivity index (χ3n) is 5.97. The number of nitrogens with one attached hydrogen (secondary N) is 1. The molecule has 7 heteroatoms. The van der Waals surface area contributed by atoms with Crippen LogP contribution in [-0.2, 0) is 18.3 Å². The Labute approximate surface area is 170 Å². The molecule has 1 unspecified atom stereocenters. The molecule has 2 aliphatic heterocycles. The van der Waals surface area contributed by atoms with Gasteiger partial charge in [-0.2, -0.15) is 5.10 Å². The fraction of sp³-hybridized carbons (Fsp3) is 0.524. The summed E-state index contributed by atoms with van der Waals surface area (Å²) in [4.78, 5) is 14.7. The first-order chi connectivity index (χ1) is 13.5. The molecule has 3 heterocycles. The van der Waals surface area contributed by atoms with Crippen molar-refractivity contribution < 1.29 is 9.53 Å². The van der Waals surface area contributed by atoms with Gasteiger partial charge in [0.1, 0.15) is 5.69 Å². The third kappa shape index (κ3) is 4.40. The summed E-state index contributed by atoms with van der Waals surface area (Å²) in [5, 5.41) is 7.81. The van der Waals surface area contributed by atoms with Gasteiger partial charge >= 0.3 is 0 Å². The Bertz CT molecular complexity index is 812. The Balaban J connectivity index is 1.23. The lowest BCUT2D eigenvalue weighted by atomic mass is 9.88. The van der Waals surface area contributed by atoms with Crippen molar-refractivity contribution >= 4 is 17.5 Å². The van der Waals surface area contributed by atoms with E-state index in [1.165, 1.54) is 5.56 Å². The molecule has 0 aliphatic carbocycles. The van der Waals surface area contributed by atoms with Crippen LogP contribution in [0.2, 0.25) is 5.02 Å². The number of benzene rings is 1. The lowest BCUT2D eigenvalue weighted by Gasteiger charge is -2.39. The van der Waals surface area contributed by atoms with E-state index < -0.39 is 0 Å². The van der Waals surface area contributed by atoms with E-state index in [0.717, 1.165) is 50.3 Å². The number of carbonyl (C=O) groups excluding carboxylic acids is 1. The molecule has 2 fully saturated rings. The number of aryl methyl sites for hydroxylation is 1. The molecule has 2 aliphatic rings. The third-order valence-corrected chi connectivity index (χ3v) is 6.22. The van der Waals surface area contributed by atoms with Crippen LogP contribution in [0.15, 0.2) is 36.5 Å². The number of nitrogens with zero attached hydrogens (tertiary/aromatic N) is 3. The van der Waals surface area contributed by atoms with Crippen molar-refractivity contribution in [2.45, 2.75) is 43.9 Å². The van der Waals surface area contributed by atoms with E-state index in [-0.39, 0.29) is 17.6 Å². The Morgan fingerprint density at radius 2 is 2.00 bits per heavy atom. The summed E-state index contributed by atoms with van der Waals surface area (Å²) in [6.45, 7) is 3.59. The number of rotatable bonds is 5. The van der Waals surface area contributed by atoms with Gasteiger partial charge in [-0.25, -0.2) is 0 Å². The van der Waals surface area contributed by atoms with Gasteiger partial charge < -0.3 is 10.1 Å². The zero-order valence-electron chi connectivity index (χ0n) is 16.2. The molecule has 2 aromatic rings. The van der Waals surface area contributed by atoms with Gasteiger partial charge in [-0.1, -0.05) is 23.7 Å². The van der Waals surface area contributed by atoms with Crippen LogP contribution in [0.4, 0.5) is 0 Å². The molecule has 1 spiro atoms. The van der Waals surface area contributed by atoms with Gasteiger partial charge in [-0.05, 0) is 49.4 Å². The number of aromatic nitrogens is 2. The maximum absolute atomic E-state index is 12.2. The highest BCUT2D eigenvalue weighted by molar-refractivity contribution is 6.30. The molecule has 150 valence electrons. The summed E-state index contributed by atoms with van der Waals surface area (Å²) >= 11 is 5.97. The van der Waals surface area contributed by atoms with E-state index in [4.69, 9.17) is 16.3 Å². The minimum absolute atomic E-state index is 0.0155. The summed E-state index contributed by atoms with van der Waals surface area (Å²) in [5.74, 6) is -0.0951. The summed E-state index contributed by atoms with van der Waals surface area (Å²) in [7, 11) is 1.77. The predicted molar refractivity (Wildman–Crippen MR) is 108 cm³/mol. The highest BCUT2D eigenvalue weighted by Crippen LogP contribution is 2.39. The Hall–Kier alpha value is -1.89. The fourth-order valence-corrected chi connectivity index (χ4v) is 4.39. The number of halogens is 1. The molecule has 4 rings (SSSR count). The molecule has 1 aromatic carbocycles. The van der Waals surface area contributed by atoms with Crippen molar-refractivity contribution in [3.05, 3.63) is 52.8 Å². The molecule has 2 saturated heterocycles. The summed E-state index contributed by atoms with van der Waals surface area (Å²) in [5.41, 5.74) is 1.85. The number of ether oxygens (including phenoxy) is 1. The van der Waals surface area contributed by atoms with Gasteiger partial charge in [0.15, 0.2) is 0 Å². The van der Waals surface area contributed by atoms with Crippen molar-refractivity contribution in [3.8, 4) is 0 Å². The highest BCUT2D eigenvalue weighted by Gasteiger charge is 2.42. The van der Waals surface area contributed by atoms with Gasteiger partial charge in [-0.15, -0.1) is 0 Å². The molecule has 1 atom stereocenters. The predicted octanol–water partition coefficient (Wildman–Crippen LogP) is 3.02. The minimum Gasteiger partial charge on any atom is -0.370 e. The maximum Gasteiger partial charge on any atom is 0.269 e. The van der Waals surface area contributed by atoms with Crippen molar-refractivity contribution in [1.29, 1.82) is 0 Å². The molecule has 6 nitrogen and oxygen atoms in total. The van der Waals surface area contributed by atoms with Crippen LogP contribution >= 0.6 is 11.6 Å². The van der Waals surface area contributed by atoms with E-state index in [0.29, 0.717) is 12.2 Å². The van der Waals surface area contributed by atoms with Gasteiger partial charge in [0.05, 0.1) is 11.7 Å². The van der Waals surface area contributed by atoms with E-state index in [2.05, 4.69) is 27.4 Å². The minimum atomic E-state index is -0.0951. The van der Waals surface area contributed by atoms with Gasteiger partial charge in [0.25, 0.3) is 5.91 Å². The SMILES string of the molecule is Cn1nccc1C(=O)NCC1CCC2(CCN(Cc3ccc(Cl)cc3)CC2)O1. The second-order valence-corrected chi connectivity index (χ2v) is 8.35. The van der Waals surface area contributed by atoms with E-state index in [1.54, 1.807) is 24.0 Å². The summed E-state index contributed by atoms with van der Waals surface area (Å²) in [6.07, 6.45) is 5.91. The van der Waals surface area contributed by atoms with E-state index in [1.807, 2.05) is 12.1 Å². The second kappa shape index (κ2) is 8.23. The maximum atomic E-state index is 12.2. The van der Waals surface area contributed by atoms with Gasteiger partial charge in [0, 0.05) is 44.4 Å². The summed E-state index contributed by atoms with van der Waals surface area (Å²) in [6, 6.07) is 9.82. The van der Waals surface area contributed by atoms with Crippen molar-refractivity contribution in [2.75, 3.05) is 19.6 Å². The van der Waals surface area contributed by atoms with Gasteiger partial charge in [-0.3, -0.25) is 14.4 Å². The number of hydrogen-bond acceptors (Lipinski definition) is 4. The zero-order chi connectivity index (χ0) is 19.6. The first-order valence-corrected chi connectivity index (χ1v) is 10.3. The number of hydrogen-bond donors (Lipinski definition) is 1. The van der Waals surface area contributed by atoms with Crippen LogP contribution in [0.1, 0.15) is 41.7 Å². The van der Waals surface area contributed by atoms with Crippen molar-refractivity contribution in [2.24, 2.45) is 7.05 Å². The van der Waals surface area contributed by atoms with E-state index in [9.17, 15) is 4.79 Å². The molecule has 1 aromatic heterocycles. The highest BCUT2D eigenvalue weighted by atomic mass is 35.5. The average Bonchev–Trinajstić information content (AvgIpc) is 3.30. The normalized spacial score (nSPS) is 21.9. The van der Waals surface area contributed by atoms with Crippen LogP contribution in [-0.4, -0.2) is 51.9 Å². The second-order valence-electron chi connectivity index (χ2n) is 7.91. The summed E-state index contributed by atoms with van der Waals surface area (Å²) < 4.78 is 8.01. The first kappa shape index (κ1) is 19.4. The lowest BCUT2D eigenvalue weighted by molar-refractivity contribution is -0.0764. The Kier molecular flexibility index (Phi) is 5.71. The zero-order valence-corrected chi connectivity index (χ0v) is 17.0. The lowest BCUT2D eigenvalue weighted by Crippen LogP contribution is -2.44. The number of carbonyl (C=O) groups is 1. The first-order valence-electron chi connectivity index (χ1n) is 9.94. The van der Waals surface area contributed by atoms with Crippen molar-refractivity contribution in [1.82, 2.24) is 20.0 Å².